The molecular weight excluding hydrogens is 620 g/mol. The maximum atomic E-state index is 13.8. The number of fused-ring (bicyclic) bond motifs is 4. The van der Waals surface area contributed by atoms with E-state index < -0.39 is 11.6 Å². The van der Waals surface area contributed by atoms with E-state index in [2.05, 4.69) is 27.3 Å². The molecule has 3 aromatic heterocycles. The van der Waals surface area contributed by atoms with Gasteiger partial charge < -0.3 is 29.8 Å². The maximum absolute atomic E-state index is 13.8. The Morgan fingerprint density at radius 1 is 1.04 bits per heavy atom. The van der Waals surface area contributed by atoms with E-state index in [9.17, 15) is 14.4 Å². The van der Waals surface area contributed by atoms with Gasteiger partial charge in [-0.05, 0) is 80.3 Å². The standard InChI is InChI=1S/C37H38N8O4/c1-37(35(47)41-36(48)42-37)24-10-6-20(7-11-24)25-12-8-21-15-28(44(32(21)39-25)17-19-4-5-19)33-40-26-14-23(16-29(49-3)31(26)43(33)2)34(46)45-18-22-9-13-27(45)30(22)38/h6-8,10-12,14-16,19,22,27,30H,4-5,9,13,17-18,38H2,1-3H3,(H2,41,42,47,48)/t22?,27?,30-,37?/m1/s1. The molecule has 49 heavy (non-hydrogen) atoms. The Balaban J connectivity index is 1.10. The number of hydrogen-bond donors (Lipinski definition) is 3. The molecule has 0 radical (unpaired) electrons. The van der Waals surface area contributed by atoms with Crippen molar-refractivity contribution in [3.63, 3.8) is 0 Å². The first-order valence-corrected chi connectivity index (χ1v) is 17.0. The smallest absolute Gasteiger partial charge is 0.322 e. The number of carbonyl (C=O) groups is 3. The fraction of sp³-hybridized carbons (Fsp3) is 0.378. The summed E-state index contributed by atoms with van der Waals surface area (Å²) < 4.78 is 10.2. The van der Waals surface area contributed by atoms with Crippen molar-refractivity contribution in [3.8, 4) is 28.5 Å². The van der Waals surface area contributed by atoms with E-state index in [1.54, 1.807) is 14.0 Å². The summed E-state index contributed by atoms with van der Waals surface area (Å²) >= 11 is 0. The molecule has 2 aliphatic carbocycles. The molecule has 12 nitrogen and oxygen atoms in total. The number of aryl methyl sites for hydroxylation is 1. The van der Waals surface area contributed by atoms with E-state index in [1.165, 1.54) is 12.8 Å². The van der Waals surface area contributed by atoms with Crippen molar-refractivity contribution >= 4 is 39.9 Å². The van der Waals surface area contributed by atoms with Gasteiger partial charge in [0.1, 0.15) is 22.5 Å². The summed E-state index contributed by atoms with van der Waals surface area (Å²) in [4.78, 5) is 50.3. The molecule has 5 heterocycles. The predicted octanol–water partition coefficient (Wildman–Crippen LogP) is 4.29. The summed E-state index contributed by atoms with van der Waals surface area (Å²) in [6, 6.07) is 17.2. The number of nitrogens with zero attached hydrogens (tertiary/aromatic N) is 5. The van der Waals surface area contributed by atoms with E-state index >= 15 is 0 Å². The van der Waals surface area contributed by atoms with Crippen molar-refractivity contribution in [1.29, 1.82) is 0 Å². The molecule has 4 fully saturated rings. The molecule has 2 saturated carbocycles. The number of nitrogens with one attached hydrogen (secondary N) is 2. The van der Waals surface area contributed by atoms with Gasteiger partial charge in [-0.3, -0.25) is 14.9 Å². The molecule has 12 heteroatoms. The lowest BCUT2D eigenvalue weighted by Gasteiger charge is -2.27. The molecule has 0 spiro atoms. The number of nitrogens with two attached hydrogens (primary N) is 1. The third kappa shape index (κ3) is 4.57. The Kier molecular flexibility index (Phi) is 6.48. The predicted molar refractivity (Wildman–Crippen MR) is 184 cm³/mol. The van der Waals surface area contributed by atoms with E-state index in [0.717, 1.165) is 58.7 Å². The van der Waals surface area contributed by atoms with Crippen molar-refractivity contribution in [2.45, 2.75) is 56.8 Å². The largest absolute Gasteiger partial charge is 0.494 e. The number of amides is 4. The van der Waals surface area contributed by atoms with Crippen LogP contribution in [0.1, 0.15) is 48.5 Å². The van der Waals surface area contributed by atoms with Crippen LogP contribution in [0.25, 0.3) is 44.8 Å². The lowest BCUT2D eigenvalue weighted by molar-refractivity contribution is -0.123. The molecule has 2 bridgehead atoms. The number of piperidine rings is 1. The minimum absolute atomic E-state index is 0.0203. The SMILES string of the molecule is COc1cc(C(=O)N2CC3CCC2[C@@H]3N)cc2nc(-c3cc4ccc(-c5ccc(C6(C)NC(=O)NC6=O)cc5)nc4n3CC3CC3)n(C)c12. The maximum Gasteiger partial charge on any atom is 0.322 e. The molecule has 4 aliphatic rings. The lowest BCUT2D eigenvalue weighted by atomic mass is 9.91. The third-order valence-electron chi connectivity index (χ3n) is 11.2. The number of imidazole rings is 1. The van der Waals surface area contributed by atoms with Gasteiger partial charge in [0.05, 0.1) is 24.0 Å². The molecule has 4 atom stereocenters. The first-order chi connectivity index (χ1) is 23.6. The van der Waals surface area contributed by atoms with Crippen LogP contribution in [0.5, 0.6) is 5.75 Å². The van der Waals surface area contributed by atoms with Gasteiger partial charge in [0.2, 0.25) is 0 Å². The highest BCUT2D eigenvalue weighted by molar-refractivity contribution is 6.07. The second-order valence-corrected chi connectivity index (χ2v) is 14.3. The van der Waals surface area contributed by atoms with Crippen LogP contribution in [0.2, 0.25) is 0 Å². The first-order valence-electron chi connectivity index (χ1n) is 17.0. The van der Waals surface area contributed by atoms with Crippen LogP contribution in [-0.2, 0) is 23.9 Å². The zero-order valence-electron chi connectivity index (χ0n) is 27.7. The summed E-state index contributed by atoms with van der Waals surface area (Å²) in [7, 11) is 3.62. The van der Waals surface area contributed by atoms with Crippen LogP contribution < -0.4 is 21.1 Å². The van der Waals surface area contributed by atoms with Crippen LogP contribution in [0.4, 0.5) is 4.79 Å². The number of pyridine rings is 1. The molecule has 250 valence electrons. The summed E-state index contributed by atoms with van der Waals surface area (Å²) in [5, 5.41) is 6.05. The number of urea groups is 1. The van der Waals surface area contributed by atoms with Crippen molar-refractivity contribution in [2.75, 3.05) is 13.7 Å². The number of likely N-dealkylation sites (tertiary alicyclic amines) is 1. The molecule has 4 N–H and O–H groups in total. The molecule has 2 saturated heterocycles. The van der Waals surface area contributed by atoms with E-state index in [4.69, 9.17) is 20.4 Å². The van der Waals surface area contributed by atoms with Gasteiger partial charge in [-0.2, -0.15) is 0 Å². The number of carbonyl (C=O) groups excluding carboxylic acids is 3. The zero-order chi connectivity index (χ0) is 33.8. The summed E-state index contributed by atoms with van der Waals surface area (Å²) in [6.45, 7) is 3.22. The highest BCUT2D eigenvalue weighted by atomic mass is 16.5. The van der Waals surface area contributed by atoms with E-state index in [0.29, 0.717) is 40.8 Å². The minimum atomic E-state index is -1.12. The molecular formula is C37H38N8O4. The average Bonchev–Trinajstić information content (AvgIpc) is 3.31. The van der Waals surface area contributed by atoms with Gasteiger partial charge in [0, 0.05) is 48.7 Å². The van der Waals surface area contributed by atoms with Crippen LogP contribution in [0, 0.1) is 11.8 Å². The second kappa shape index (κ2) is 10.6. The highest BCUT2D eigenvalue weighted by Crippen LogP contribution is 2.40. The highest BCUT2D eigenvalue weighted by Gasteiger charge is 2.47. The topological polar surface area (TPSA) is 149 Å². The molecule has 3 unspecified atom stereocenters. The van der Waals surface area contributed by atoms with Crippen molar-refractivity contribution in [2.24, 2.45) is 24.6 Å². The van der Waals surface area contributed by atoms with Crippen molar-refractivity contribution < 1.29 is 19.1 Å². The van der Waals surface area contributed by atoms with Gasteiger partial charge in [0.25, 0.3) is 11.8 Å². The van der Waals surface area contributed by atoms with E-state index in [-0.39, 0.29) is 23.9 Å². The van der Waals surface area contributed by atoms with Gasteiger partial charge in [-0.15, -0.1) is 0 Å². The number of hydrogen-bond acceptors (Lipinski definition) is 7. The molecule has 2 aliphatic heterocycles. The number of ether oxygens (including phenoxy) is 1. The monoisotopic (exact) mass is 658 g/mol. The van der Waals surface area contributed by atoms with Crippen LogP contribution in [-0.4, -0.2) is 67.6 Å². The average molecular weight is 659 g/mol. The molecule has 9 rings (SSSR count). The Morgan fingerprint density at radius 3 is 2.49 bits per heavy atom. The summed E-state index contributed by atoms with van der Waals surface area (Å²) in [5.74, 6) is 1.93. The molecule has 4 amide bonds. The van der Waals surface area contributed by atoms with Crippen LogP contribution in [0.3, 0.4) is 0 Å². The quantitative estimate of drug-likeness (QED) is 0.221. The Bertz CT molecular complexity index is 2220. The first kappa shape index (κ1) is 29.9. The molecule has 5 aromatic rings. The number of rotatable bonds is 7. The Labute approximate surface area is 282 Å². The number of aromatic nitrogens is 4. The number of methoxy groups -OCH3 is 1. The third-order valence-corrected chi connectivity index (χ3v) is 11.2. The van der Waals surface area contributed by atoms with Crippen molar-refractivity contribution in [1.82, 2.24) is 34.6 Å². The van der Waals surface area contributed by atoms with Gasteiger partial charge in [-0.1, -0.05) is 24.3 Å². The fourth-order valence-corrected chi connectivity index (χ4v) is 8.20. The number of imide groups is 1. The van der Waals surface area contributed by atoms with Gasteiger partial charge in [-0.25, -0.2) is 14.8 Å². The molecule has 2 aromatic carbocycles. The lowest BCUT2D eigenvalue weighted by Crippen LogP contribution is -2.41. The van der Waals surface area contributed by atoms with Crippen LogP contribution in [0.15, 0.2) is 54.6 Å². The summed E-state index contributed by atoms with van der Waals surface area (Å²) in [5.41, 5.74) is 11.6. The zero-order valence-corrected chi connectivity index (χ0v) is 27.7. The second-order valence-electron chi connectivity index (χ2n) is 14.3. The summed E-state index contributed by atoms with van der Waals surface area (Å²) in [6.07, 6.45) is 4.38. The van der Waals surface area contributed by atoms with Gasteiger partial charge >= 0.3 is 6.03 Å². The Morgan fingerprint density at radius 2 is 1.84 bits per heavy atom. The van der Waals surface area contributed by atoms with Gasteiger partial charge in [0.15, 0.2) is 5.82 Å². The number of benzene rings is 2. The minimum Gasteiger partial charge on any atom is -0.494 e. The van der Waals surface area contributed by atoms with Crippen LogP contribution >= 0.6 is 0 Å². The normalized spacial score (nSPS) is 24.7. The fourth-order valence-electron chi connectivity index (χ4n) is 8.20. The Hall–Kier alpha value is -5.23. The van der Waals surface area contributed by atoms with Crippen molar-refractivity contribution in [3.05, 3.63) is 65.7 Å². The van der Waals surface area contributed by atoms with E-state index in [1.807, 2.05) is 59.0 Å².